The predicted molar refractivity (Wildman–Crippen MR) is 121 cm³/mol. The molecular formula is C22H34N6O4. The van der Waals surface area contributed by atoms with Crippen molar-refractivity contribution in [1.29, 1.82) is 0 Å². The number of nitrogens with two attached hydrogens (primary N) is 2. The molecule has 4 amide bonds. The molecule has 0 aliphatic heterocycles. The summed E-state index contributed by atoms with van der Waals surface area (Å²) >= 11 is 0. The zero-order chi connectivity index (χ0) is 24.3. The maximum Gasteiger partial charge on any atom is 0.247 e. The molecular weight excluding hydrogens is 412 g/mol. The molecule has 0 aliphatic rings. The van der Waals surface area contributed by atoms with Gasteiger partial charge >= 0.3 is 0 Å². The smallest absolute Gasteiger partial charge is 0.247 e. The highest BCUT2D eigenvalue weighted by molar-refractivity contribution is 5.94. The van der Waals surface area contributed by atoms with E-state index in [1.807, 2.05) is 0 Å². The first-order chi connectivity index (χ1) is 15.0. The Balaban J connectivity index is 3.03. The van der Waals surface area contributed by atoms with Gasteiger partial charge in [0, 0.05) is 13.5 Å². The third kappa shape index (κ3) is 9.07. The van der Waals surface area contributed by atoms with Gasteiger partial charge in [0.15, 0.2) is 0 Å². The number of nitrogens with one attached hydrogen (secondary N) is 4. The summed E-state index contributed by atoms with van der Waals surface area (Å²) in [5.41, 5.74) is 11.5. The van der Waals surface area contributed by atoms with Gasteiger partial charge in [-0.05, 0) is 24.3 Å². The number of amides is 4. The molecule has 3 atom stereocenters. The van der Waals surface area contributed by atoms with Crippen LogP contribution >= 0.6 is 0 Å². The molecule has 0 aromatic heterocycles. The average Bonchev–Trinajstić information content (AvgIpc) is 2.71. The van der Waals surface area contributed by atoms with Crippen LogP contribution in [0.15, 0.2) is 42.7 Å². The minimum atomic E-state index is -0.983. The van der Waals surface area contributed by atoms with Gasteiger partial charge in [-0.3, -0.25) is 19.2 Å². The van der Waals surface area contributed by atoms with E-state index in [1.54, 1.807) is 44.2 Å². The second kappa shape index (κ2) is 13.0. The lowest BCUT2D eigenvalue weighted by Gasteiger charge is -2.26. The Hall–Kier alpha value is -3.56. The number of benzene rings is 1. The molecule has 1 rings (SSSR count). The van der Waals surface area contributed by atoms with Crippen LogP contribution < -0.4 is 32.7 Å². The summed E-state index contributed by atoms with van der Waals surface area (Å²) < 4.78 is 0. The van der Waals surface area contributed by atoms with E-state index in [-0.39, 0.29) is 12.3 Å². The van der Waals surface area contributed by atoms with Crippen LogP contribution in [0.25, 0.3) is 0 Å². The Kier molecular flexibility index (Phi) is 10.7. The summed E-state index contributed by atoms with van der Waals surface area (Å²) in [4.78, 5) is 49.3. The average molecular weight is 447 g/mol. The van der Waals surface area contributed by atoms with Crippen LogP contribution in [0.4, 0.5) is 0 Å². The van der Waals surface area contributed by atoms with Crippen LogP contribution in [0.3, 0.4) is 0 Å². The summed E-state index contributed by atoms with van der Waals surface area (Å²) in [7, 11) is 0. The lowest BCUT2D eigenvalue weighted by atomic mass is 10.0. The van der Waals surface area contributed by atoms with Gasteiger partial charge in [-0.2, -0.15) is 0 Å². The molecule has 0 heterocycles. The van der Waals surface area contributed by atoms with Crippen LogP contribution in [0.1, 0.15) is 45.2 Å². The van der Waals surface area contributed by atoms with Crippen molar-refractivity contribution in [2.24, 2.45) is 17.4 Å². The van der Waals surface area contributed by atoms with Crippen LogP contribution in [0.5, 0.6) is 0 Å². The summed E-state index contributed by atoms with van der Waals surface area (Å²) in [6, 6.07) is 5.85. The minimum Gasteiger partial charge on any atom is -0.386 e. The fourth-order valence-electron chi connectivity index (χ4n) is 3.05. The Labute approximate surface area is 188 Å². The van der Waals surface area contributed by atoms with Crippen molar-refractivity contribution in [3.05, 3.63) is 48.3 Å². The van der Waals surface area contributed by atoms with E-state index in [1.165, 1.54) is 6.92 Å². The largest absolute Gasteiger partial charge is 0.386 e. The van der Waals surface area contributed by atoms with E-state index in [2.05, 4.69) is 27.8 Å². The second-order valence-electron chi connectivity index (χ2n) is 7.83. The molecule has 0 bridgehead atoms. The topological polar surface area (TPSA) is 168 Å². The predicted octanol–water partition coefficient (Wildman–Crippen LogP) is -0.226. The molecule has 1 aromatic carbocycles. The van der Waals surface area contributed by atoms with Crippen LogP contribution in [0, 0.1) is 5.92 Å². The third-order valence-electron chi connectivity index (χ3n) is 4.67. The molecule has 0 fully saturated rings. The van der Waals surface area contributed by atoms with E-state index >= 15 is 0 Å². The molecule has 10 heteroatoms. The third-order valence-corrected chi connectivity index (χ3v) is 4.67. The summed E-state index contributed by atoms with van der Waals surface area (Å²) in [5.74, 6) is -2.10. The highest BCUT2D eigenvalue weighted by Crippen LogP contribution is 2.14. The molecule has 176 valence electrons. The van der Waals surface area contributed by atoms with Gasteiger partial charge < -0.3 is 32.7 Å². The van der Waals surface area contributed by atoms with Crippen molar-refractivity contribution >= 4 is 23.6 Å². The Morgan fingerprint density at radius 1 is 0.969 bits per heavy atom. The number of primary amides is 1. The van der Waals surface area contributed by atoms with Crippen LogP contribution in [-0.2, 0) is 19.2 Å². The van der Waals surface area contributed by atoms with Crippen LogP contribution in [-0.4, -0.2) is 42.3 Å². The number of carbonyl (C=O) groups is 4. The Morgan fingerprint density at radius 3 is 2.09 bits per heavy atom. The van der Waals surface area contributed by atoms with Gasteiger partial charge in [0.1, 0.15) is 18.1 Å². The van der Waals surface area contributed by atoms with Crippen molar-refractivity contribution < 1.29 is 19.2 Å². The normalized spacial score (nSPS) is 13.4. The Bertz CT molecular complexity index is 812. The van der Waals surface area contributed by atoms with Crippen molar-refractivity contribution in [1.82, 2.24) is 21.3 Å². The molecule has 0 unspecified atom stereocenters. The molecule has 32 heavy (non-hydrogen) atoms. The van der Waals surface area contributed by atoms with Gasteiger partial charge in [0.2, 0.25) is 23.6 Å². The fraction of sp³-hybridized carbons (Fsp3) is 0.455. The molecule has 10 nitrogen and oxygen atoms in total. The standard InChI is InChI=1S/C22H34N6O4/c1-13(2)18(20(24)30)28-21(31)17(11-8-12-25-14(3)23)27-22(32)19(26-15(4)29)16-9-6-5-7-10-16/h5-7,9-10,13,17-19,25H,3,8,11-12,23H2,1-2,4H3,(H2,24,30)(H,26,29)(H,27,32)(H,28,31)/t17-,18-,19-/m0/s1. The first-order valence-corrected chi connectivity index (χ1v) is 10.4. The van der Waals surface area contributed by atoms with E-state index in [0.29, 0.717) is 24.4 Å². The van der Waals surface area contributed by atoms with Gasteiger partial charge in [-0.25, -0.2) is 0 Å². The maximum atomic E-state index is 13.0. The van der Waals surface area contributed by atoms with Crippen molar-refractivity contribution in [2.45, 2.75) is 51.7 Å². The Morgan fingerprint density at radius 2 is 1.59 bits per heavy atom. The highest BCUT2D eigenvalue weighted by Gasteiger charge is 2.30. The molecule has 0 spiro atoms. The second-order valence-corrected chi connectivity index (χ2v) is 7.83. The minimum absolute atomic E-state index is 0.230. The molecule has 0 aliphatic carbocycles. The quantitative estimate of drug-likeness (QED) is 0.229. The lowest BCUT2D eigenvalue weighted by molar-refractivity contribution is -0.133. The van der Waals surface area contributed by atoms with Gasteiger partial charge in [-0.1, -0.05) is 50.8 Å². The summed E-state index contributed by atoms with van der Waals surface area (Å²) in [5, 5.41) is 10.8. The van der Waals surface area contributed by atoms with E-state index in [9.17, 15) is 19.2 Å². The van der Waals surface area contributed by atoms with Gasteiger partial charge in [-0.15, -0.1) is 0 Å². The zero-order valence-corrected chi connectivity index (χ0v) is 18.8. The van der Waals surface area contributed by atoms with Crippen molar-refractivity contribution in [3.8, 4) is 0 Å². The van der Waals surface area contributed by atoms with Gasteiger partial charge in [0.05, 0.1) is 5.82 Å². The van der Waals surface area contributed by atoms with Crippen molar-refractivity contribution in [2.75, 3.05) is 6.54 Å². The maximum absolute atomic E-state index is 13.0. The van der Waals surface area contributed by atoms with Crippen LogP contribution in [0.2, 0.25) is 0 Å². The number of hydrogen-bond acceptors (Lipinski definition) is 6. The monoisotopic (exact) mass is 446 g/mol. The van der Waals surface area contributed by atoms with E-state index in [4.69, 9.17) is 11.5 Å². The zero-order valence-electron chi connectivity index (χ0n) is 18.8. The molecule has 1 aromatic rings. The summed E-state index contributed by atoms with van der Waals surface area (Å²) in [6.07, 6.45) is 0.733. The summed E-state index contributed by atoms with van der Waals surface area (Å²) in [6.45, 7) is 8.79. The number of carbonyl (C=O) groups excluding carboxylic acids is 4. The lowest BCUT2D eigenvalue weighted by Crippen LogP contribution is -2.55. The molecule has 8 N–H and O–H groups in total. The molecule has 0 radical (unpaired) electrons. The number of hydrogen-bond donors (Lipinski definition) is 6. The first kappa shape index (κ1) is 26.5. The van der Waals surface area contributed by atoms with Crippen molar-refractivity contribution in [3.63, 3.8) is 0 Å². The van der Waals surface area contributed by atoms with E-state index < -0.39 is 41.8 Å². The first-order valence-electron chi connectivity index (χ1n) is 10.4. The van der Waals surface area contributed by atoms with E-state index in [0.717, 1.165) is 0 Å². The molecule has 0 saturated carbocycles. The highest BCUT2D eigenvalue weighted by atomic mass is 16.2. The fourth-order valence-corrected chi connectivity index (χ4v) is 3.05. The molecule has 0 saturated heterocycles. The number of rotatable bonds is 13. The van der Waals surface area contributed by atoms with Gasteiger partial charge in [0.25, 0.3) is 0 Å². The SMILES string of the molecule is C=C(N)NCCC[C@H](NC(=O)[C@@H](NC(C)=O)c1ccccc1)C(=O)N[C@H](C(N)=O)C(C)C.